The van der Waals surface area contributed by atoms with Crippen molar-refractivity contribution in [3.05, 3.63) is 46.5 Å². The number of hydrogen-bond acceptors (Lipinski definition) is 8. The predicted molar refractivity (Wildman–Crippen MR) is 96.7 cm³/mol. The van der Waals surface area contributed by atoms with E-state index in [-0.39, 0.29) is 53.6 Å². The van der Waals surface area contributed by atoms with Crippen LogP contribution in [0.15, 0.2) is 24.3 Å². The molecule has 0 amide bonds. The Morgan fingerprint density at radius 2 is 1.10 bits per heavy atom. The number of carbonyl (C=O) groups excluding carboxylic acids is 2. The van der Waals surface area contributed by atoms with Crippen molar-refractivity contribution in [1.82, 2.24) is 0 Å². The normalized spacial score (nSPS) is 9.52. The van der Waals surface area contributed by atoms with Crippen molar-refractivity contribution in [1.29, 1.82) is 0 Å². The van der Waals surface area contributed by atoms with Gasteiger partial charge in [0.1, 0.15) is 23.0 Å². The minimum absolute atomic E-state index is 0. The van der Waals surface area contributed by atoms with Gasteiger partial charge < -0.3 is 39.5 Å². The number of benzene rings is 2. The Kier molecular flexibility index (Phi) is 10.8. The zero-order valence-electron chi connectivity index (χ0n) is 16.8. The largest absolute Gasteiger partial charge is 2.00 e. The van der Waals surface area contributed by atoms with Crippen molar-refractivity contribution in [3.8, 4) is 23.0 Å². The van der Waals surface area contributed by atoms with Gasteiger partial charge in [-0.2, -0.15) is 0 Å². The van der Waals surface area contributed by atoms with Crippen molar-refractivity contribution >= 4 is 11.9 Å². The fourth-order valence-electron chi connectivity index (χ4n) is 2.34. The standard InChI is InChI=1S/2C10H12O4.Zn/c2*1-3-14-9-6(2)8(11)5-4-7(9)10(12)13;/h2*4-5,11H,3H2,1-2H3,(H,12,13);/q;;+2/p-2. The topological polar surface area (TPSA) is 139 Å². The van der Waals surface area contributed by atoms with Gasteiger partial charge in [-0.05, 0) is 52.0 Å². The zero-order chi connectivity index (χ0) is 21.4. The molecule has 8 nitrogen and oxygen atoms in total. The van der Waals surface area contributed by atoms with Gasteiger partial charge in [0.15, 0.2) is 0 Å². The summed E-state index contributed by atoms with van der Waals surface area (Å²) in [4.78, 5) is 21.4. The van der Waals surface area contributed by atoms with E-state index in [1.54, 1.807) is 27.7 Å². The van der Waals surface area contributed by atoms with Gasteiger partial charge >= 0.3 is 19.5 Å². The molecule has 0 saturated carbocycles. The molecule has 2 aromatic rings. The van der Waals surface area contributed by atoms with Gasteiger partial charge in [-0.3, -0.25) is 0 Å². The summed E-state index contributed by atoms with van der Waals surface area (Å²) in [5, 5.41) is 40.1. The molecule has 0 spiro atoms. The molecule has 152 valence electrons. The molecule has 9 heteroatoms. The average Bonchev–Trinajstić information content (AvgIpc) is 2.63. The molecule has 0 aliphatic rings. The van der Waals surface area contributed by atoms with Crippen LogP contribution in [0, 0.1) is 13.8 Å². The molecule has 2 aromatic carbocycles. The zero-order valence-corrected chi connectivity index (χ0v) is 19.7. The van der Waals surface area contributed by atoms with Crippen LogP contribution in [0.2, 0.25) is 0 Å². The smallest absolute Gasteiger partial charge is 0.545 e. The van der Waals surface area contributed by atoms with E-state index >= 15 is 0 Å². The first-order chi connectivity index (χ1) is 13.1. The molecule has 0 bridgehead atoms. The number of phenols is 2. The fraction of sp³-hybridized carbons (Fsp3) is 0.300. The Morgan fingerprint density at radius 3 is 1.34 bits per heavy atom. The minimum Gasteiger partial charge on any atom is -0.545 e. The number of carboxylic acids is 2. The Hall–Kier alpha value is -2.80. The Balaban J connectivity index is 0.000000523. The van der Waals surface area contributed by atoms with Gasteiger partial charge in [-0.25, -0.2) is 0 Å². The van der Waals surface area contributed by atoms with Crippen LogP contribution in [0.5, 0.6) is 23.0 Å². The van der Waals surface area contributed by atoms with Gasteiger partial charge in [0.2, 0.25) is 0 Å². The quantitative estimate of drug-likeness (QED) is 0.613. The van der Waals surface area contributed by atoms with Crippen LogP contribution in [0.1, 0.15) is 45.7 Å². The maximum Gasteiger partial charge on any atom is 2.00 e. The minimum atomic E-state index is -1.31. The predicted octanol–water partition coefficient (Wildman–Crippen LogP) is 0.923. The number of carbonyl (C=O) groups is 2. The molecule has 29 heavy (non-hydrogen) atoms. The molecule has 0 unspecified atom stereocenters. The summed E-state index contributed by atoms with van der Waals surface area (Å²) in [7, 11) is 0. The summed E-state index contributed by atoms with van der Waals surface area (Å²) >= 11 is 0. The van der Waals surface area contributed by atoms with Crippen molar-refractivity contribution in [2.45, 2.75) is 27.7 Å². The van der Waals surface area contributed by atoms with E-state index in [9.17, 15) is 30.0 Å². The summed E-state index contributed by atoms with van der Waals surface area (Å²) in [6.45, 7) is 7.33. The van der Waals surface area contributed by atoms with Crippen LogP contribution in [0.25, 0.3) is 0 Å². The third-order valence-corrected chi connectivity index (χ3v) is 3.77. The molecule has 0 saturated heterocycles. The number of phenolic OH excluding ortho intramolecular Hbond substituents is 2. The number of aromatic carboxylic acids is 2. The summed E-state index contributed by atoms with van der Waals surface area (Å²) in [5.74, 6) is -2.25. The second kappa shape index (κ2) is 11.9. The third kappa shape index (κ3) is 6.64. The van der Waals surface area contributed by atoms with E-state index in [4.69, 9.17) is 9.47 Å². The number of carboxylic acid groups (broad SMARTS) is 2. The van der Waals surface area contributed by atoms with Crippen molar-refractivity contribution in [2.75, 3.05) is 13.2 Å². The maximum absolute atomic E-state index is 10.7. The van der Waals surface area contributed by atoms with E-state index < -0.39 is 11.9 Å². The summed E-state index contributed by atoms with van der Waals surface area (Å²) in [6, 6.07) is 5.15. The summed E-state index contributed by atoms with van der Waals surface area (Å²) in [5.41, 5.74) is 0.742. The van der Waals surface area contributed by atoms with E-state index in [1.165, 1.54) is 24.3 Å². The number of aromatic hydroxyl groups is 2. The Labute approximate surface area is 181 Å². The maximum atomic E-state index is 10.7. The molecule has 0 heterocycles. The van der Waals surface area contributed by atoms with Crippen LogP contribution < -0.4 is 19.7 Å². The van der Waals surface area contributed by atoms with Crippen molar-refractivity contribution in [3.63, 3.8) is 0 Å². The average molecular weight is 456 g/mol. The summed E-state index contributed by atoms with van der Waals surface area (Å²) in [6.07, 6.45) is 0. The van der Waals surface area contributed by atoms with Gasteiger partial charge in [0, 0.05) is 22.3 Å². The number of ether oxygens (including phenoxy) is 2. The SMILES string of the molecule is CCOc1c(C(=O)[O-])ccc(O)c1C.CCOc1c(C(=O)[O-])ccc(O)c1C.[Zn+2]. The first-order valence-electron chi connectivity index (χ1n) is 8.48. The number of rotatable bonds is 6. The Bertz CT molecular complexity index is 793. The van der Waals surface area contributed by atoms with E-state index in [0.717, 1.165) is 0 Å². The first kappa shape index (κ1) is 26.2. The van der Waals surface area contributed by atoms with Crippen LogP contribution in [-0.2, 0) is 19.5 Å². The monoisotopic (exact) mass is 454 g/mol. The molecule has 0 fully saturated rings. The molecule has 2 rings (SSSR count). The third-order valence-electron chi connectivity index (χ3n) is 3.77. The van der Waals surface area contributed by atoms with Crippen molar-refractivity contribution < 1.29 is 59.0 Å². The number of hydrogen-bond donors (Lipinski definition) is 2. The molecule has 0 aliphatic heterocycles. The van der Waals surface area contributed by atoms with Gasteiger partial charge in [0.25, 0.3) is 0 Å². The molecule has 0 aliphatic carbocycles. The Morgan fingerprint density at radius 1 is 0.793 bits per heavy atom. The molecule has 2 N–H and O–H groups in total. The molecule has 0 atom stereocenters. The van der Waals surface area contributed by atoms with E-state index in [1.807, 2.05) is 0 Å². The second-order valence-electron chi connectivity index (χ2n) is 5.61. The van der Waals surface area contributed by atoms with Crippen LogP contribution in [0.4, 0.5) is 0 Å². The first-order valence-corrected chi connectivity index (χ1v) is 8.48. The van der Waals surface area contributed by atoms with Gasteiger partial charge in [0.05, 0.1) is 25.2 Å². The molecule has 0 aromatic heterocycles. The van der Waals surface area contributed by atoms with Gasteiger partial charge in [-0.15, -0.1) is 0 Å². The van der Waals surface area contributed by atoms with Crippen LogP contribution in [-0.4, -0.2) is 35.4 Å². The fourth-order valence-corrected chi connectivity index (χ4v) is 2.34. The molecular weight excluding hydrogens is 434 g/mol. The van der Waals surface area contributed by atoms with E-state index in [2.05, 4.69) is 0 Å². The van der Waals surface area contributed by atoms with Crippen LogP contribution >= 0.6 is 0 Å². The summed E-state index contributed by atoms with van der Waals surface area (Å²) < 4.78 is 10.3. The van der Waals surface area contributed by atoms with Gasteiger partial charge in [-0.1, -0.05) is 0 Å². The molecule has 0 radical (unpaired) electrons. The van der Waals surface area contributed by atoms with Crippen molar-refractivity contribution in [2.24, 2.45) is 0 Å². The van der Waals surface area contributed by atoms with E-state index in [0.29, 0.717) is 24.3 Å². The molecular formula is C20H22O8Zn. The van der Waals surface area contributed by atoms with Crippen LogP contribution in [0.3, 0.4) is 0 Å². The second-order valence-corrected chi connectivity index (χ2v) is 5.61.